The lowest BCUT2D eigenvalue weighted by atomic mass is 9.96. The van der Waals surface area contributed by atoms with Crippen molar-refractivity contribution in [2.75, 3.05) is 5.32 Å². The number of hydrogen-bond donors (Lipinski definition) is 3. The van der Waals surface area contributed by atoms with E-state index in [1.807, 2.05) is 6.92 Å². The minimum absolute atomic E-state index is 0.156. The quantitative estimate of drug-likeness (QED) is 0.686. The highest BCUT2D eigenvalue weighted by Gasteiger charge is 2.44. The van der Waals surface area contributed by atoms with Crippen molar-refractivity contribution in [3.05, 3.63) is 11.8 Å². The Labute approximate surface area is 88.4 Å². The number of carbonyl (C=O) groups excluding carboxylic acids is 1. The van der Waals surface area contributed by atoms with E-state index >= 15 is 0 Å². The zero-order valence-corrected chi connectivity index (χ0v) is 9.00. The van der Waals surface area contributed by atoms with Crippen LogP contribution in [0.4, 0.5) is 5.82 Å². The number of nitrogens with one attached hydrogen (secondary N) is 2. The maximum atomic E-state index is 11.8. The van der Waals surface area contributed by atoms with Gasteiger partial charge in [-0.1, -0.05) is 0 Å². The molecular weight excluding hydrogens is 192 g/mol. The second-order valence-electron chi connectivity index (χ2n) is 4.45. The fourth-order valence-corrected chi connectivity index (χ4v) is 1.60. The van der Waals surface area contributed by atoms with Crippen LogP contribution in [0.15, 0.2) is 6.07 Å². The van der Waals surface area contributed by atoms with Gasteiger partial charge >= 0.3 is 0 Å². The Kier molecular flexibility index (Phi) is 2.26. The minimum atomic E-state index is -0.771. The number of hydrogen-bond acceptors (Lipinski definition) is 3. The van der Waals surface area contributed by atoms with Gasteiger partial charge in [-0.25, -0.2) is 0 Å². The lowest BCUT2D eigenvalue weighted by Crippen LogP contribution is -2.50. The number of nitrogens with two attached hydrogens (primary N) is 1. The van der Waals surface area contributed by atoms with Gasteiger partial charge in [0.05, 0.1) is 5.54 Å². The minimum Gasteiger partial charge on any atom is -0.317 e. The molecule has 1 saturated carbocycles. The molecule has 1 aromatic rings. The molecule has 5 nitrogen and oxygen atoms in total. The van der Waals surface area contributed by atoms with Crippen molar-refractivity contribution in [1.82, 2.24) is 10.2 Å². The maximum absolute atomic E-state index is 11.8. The van der Waals surface area contributed by atoms with E-state index in [9.17, 15) is 4.79 Å². The average molecular weight is 208 g/mol. The molecule has 1 aliphatic rings. The number of aryl methyl sites for hydroxylation is 1. The Bertz CT molecular complexity index is 379. The molecular formula is C10H16N4O. The number of H-pyrrole nitrogens is 1. The molecule has 0 spiro atoms. The summed E-state index contributed by atoms with van der Waals surface area (Å²) in [5.74, 6) is 0.698. The van der Waals surface area contributed by atoms with Crippen LogP contribution < -0.4 is 11.1 Å². The summed E-state index contributed by atoms with van der Waals surface area (Å²) in [5, 5.41) is 9.42. The Balaban J connectivity index is 2.03. The zero-order valence-electron chi connectivity index (χ0n) is 9.00. The Morgan fingerprint density at radius 3 is 2.87 bits per heavy atom. The van der Waals surface area contributed by atoms with E-state index in [1.54, 1.807) is 13.0 Å². The lowest BCUT2D eigenvalue weighted by Gasteiger charge is -2.22. The van der Waals surface area contributed by atoms with E-state index < -0.39 is 5.54 Å². The molecule has 1 unspecified atom stereocenters. The van der Waals surface area contributed by atoms with Gasteiger partial charge in [0, 0.05) is 11.8 Å². The molecule has 2 rings (SSSR count). The van der Waals surface area contributed by atoms with Crippen LogP contribution in [0.5, 0.6) is 0 Å². The first kappa shape index (κ1) is 10.2. The van der Waals surface area contributed by atoms with Gasteiger partial charge in [-0.2, -0.15) is 5.10 Å². The number of aromatic nitrogens is 2. The molecule has 1 amide bonds. The van der Waals surface area contributed by atoms with E-state index in [0.29, 0.717) is 11.7 Å². The molecule has 15 heavy (non-hydrogen) atoms. The van der Waals surface area contributed by atoms with Crippen molar-refractivity contribution in [1.29, 1.82) is 0 Å². The van der Waals surface area contributed by atoms with Gasteiger partial charge in [0.2, 0.25) is 5.91 Å². The average Bonchev–Trinajstić information content (AvgIpc) is 2.92. The van der Waals surface area contributed by atoms with Gasteiger partial charge in [-0.15, -0.1) is 0 Å². The molecule has 1 heterocycles. The van der Waals surface area contributed by atoms with Crippen molar-refractivity contribution >= 4 is 11.7 Å². The SMILES string of the molecule is Cc1cc(NC(=O)C(C)(N)C2CC2)n[nH]1. The summed E-state index contributed by atoms with van der Waals surface area (Å²) in [6.07, 6.45) is 2.08. The standard InChI is InChI=1S/C10H16N4O/c1-6-5-8(14-13-6)12-9(15)10(2,11)7-3-4-7/h5,7H,3-4,11H2,1-2H3,(H2,12,13,14,15). The molecule has 1 aromatic heterocycles. The van der Waals surface area contributed by atoms with E-state index in [2.05, 4.69) is 15.5 Å². The number of nitrogens with zero attached hydrogens (tertiary/aromatic N) is 1. The predicted molar refractivity (Wildman–Crippen MR) is 57.3 cm³/mol. The molecule has 0 radical (unpaired) electrons. The summed E-state index contributed by atoms with van der Waals surface area (Å²) in [4.78, 5) is 11.8. The second-order valence-corrected chi connectivity index (χ2v) is 4.45. The predicted octanol–water partition coefficient (Wildman–Crippen LogP) is 0.784. The van der Waals surface area contributed by atoms with E-state index in [-0.39, 0.29) is 5.91 Å². The first-order chi connectivity index (χ1) is 7.00. The van der Waals surface area contributed by atoms with Crippen molar-refractivity contribution in [3.63, 3.8) is 0 Å². The molecule has 5 heteroatoms. The molecule has 0 aromatic carbocycles. The summed E-state index contributed by atoms with van der Waals surface area (Å²) in [5.41, 5.74) is 6.11. The van der Waals surface area contributed by atoms with Gasteiger partial charge in [0.1, 0.15) is 0 Å². The first-order valence-corrected chi connectivity index (χ1v) is 5.12. The molecule has 1 atom stereocenters. The van der Waals surface area contributed by atoms with Crippen LogP contribution in [-0.2, 0) is 4.79 Å². The van der Waals surface area contributed by atoms with Crippen LogP contribution in [0.2, 0.25) is 0 Å². The Morgan fingerprint density at radius 2 is 2.40 bits per heavy atom. The summed E-state index contributed by atoms with van der Waals surface area (Å²) in [6.45, 7) is 3.66. The molecule has 1 aliphatic carbocycles. The largest absolute Gasteiger partial charge is 0.317 e. The number of amides is 1. The second kappa shape index (κ2) is 3.34. The van der Waals surface area contributed by atoms with Crippen LogP contribution in [0.1, 0.15) is 25.5 Å². The monoisotopic (exact) mass is 208 g/mol. The topological polar surface area (TPSA) is 83.8 Å². The Hall–Kier alpha value is -1.36. The highest BCUT2D eigenvalue weighted by molar-refractivity contribution is 5.97. The third kappa shape index (κ3) is 2.02. The highest BCUT2D eigenvalue weighted by atomic mass is 16.2. The third-order valence-corrected chi connectivity index (χ3v) is 2.86. The molecule has 4 N–H and O–H groups in total. The molecule has 82 valence electrons. The number of rotatable bonds is 3. The summed E-state index contributed by atoms with van der Waals surface area (Å²) < 4.78 is 0. The summed E-state index contributed by atoms with van der Waals surface area (Å²) in [6, 6.07) is 1.78. The van der Waals surface area contributed by atoms with Gasteiger partial charge in [-0.05, 0) is 32.6 Å². The van der Waals surface area contributed by atoms with Crippen LogP contribution in [0.25, 0.3) is 0 Å². The summed E-state index contributed by atoms with van der Waals surface area (Å²) in [7, 11) is 0. The number of carbonyl (C=O) groups is 1. The van der Waals surface area contributed by atoms with Gasteiger partial charge in [0.15, 0.2) is 5.82 Å². The Morgan fingerprint density at radius 1 is 1.73 bits per heavy atom. The van der Waals surface area contributed by atoms with Crippen LogP contribution >= 0.6 is 0 Å². The highest BCUT2D eigenvalue weighted by Crippen LogP contribution is 2.38. The van der Waals surface area contributed by atoms with Crippen LogP contribution in [0, 0.1) is 12.8 Å². The molecule has 0 bridgehead atoms. The number of anilines is 1. The molecule has 1 fully saturated rings. The van der Waals surface area contributed by atoms with Crippen molar-refractivity contribution < 1.29 is 4.79 Å². The maximum Gasteiger partial charge on any atom is 0.245 e. The molecule has 0 aliphatic heterocycles. The van der Waals surface area contributed by atoms with Crippen molar-refractivity contribution in [2.45, 2.75) is 32.2 Å². The smallest absolute Gasteiger partial charge is 0.245 e. The van der Waals surface area contributed by atoms with E-state index in [1.165, 1.54) is 0 Å². The van der Waals surface area contributed by atoms with Gasteiger partial charge < -0.3 is 11.1 Å². The van der Waals surface area contributed by atoms with E-state index in [4.69, 9.17) is 5.73 Å². The van der Waals surface area contributed by atoms with E-state index in [0.717, 1.165) is 18.5 Å². The first-order valence-electron chi connectivity index (χ1n) is 5.12. The number of aromatic amines is 1. The van der Waals surface area contributed by atoms with Crippen molar-refractivity contribution in [2.24, 2.45) is 11.7 Å². The zero-order chi connectivity index (χ0) is 11.1. The van der Waals surface area contributed by atoms with Crippen molar-refractivity contribution in [3.8, 4) is 0 Å². The lowest BCUT2D eigenvalue weighted by molar-refractivity contribution is -0.121. The fourth-order valence-electron chi connectivity index (χ4n) is 1.60. The third-order valence-electron chi connectivity index (χ3n) is 2.86. The van der Waals surface area contributed by atoms with Gasteiger partial charge in [-0.3, -0.25) is 9.89 Å². The van der Waals surface area contributed by atoms with Gasteiger partial charge in [0.25, 0.3) is 0 Å². The normalized spacial score (nSPS) is 19.7. The fraction of sp³-hybridized carbons (Fsp3) is 0.600. The van der Waals surface area contributed by atoms with Crippen LogP contribution in [-0.4, -0.2) is 21.6 Å². The van der Waals surface area contributed by atoms with Crippen LogP contribution in [0.3, 0.4) is 0 Å². The summed E-state index contributed by atoms with van der Waals surface area (Å²) >= 11 is 0. The molecule has 0 saturated heterocycles.